The number of rotatable bonds is 8. The van der Waals surface area contributed by atoms with Crippen molar-refractivity contribution in [2.45, 2.75) is 18.9 Å². The van der Waals surface area contributed by atoms with E-state index in [0.29, 0.717) is 29.3 Å². The lowest BCUT2D eigenvalue weighted by molar-refractivity contribution is -0.111. The average molecular weight is 557 g/mol. The van der Waals surface area contributed by atoms with Gasteiger partial charge in [-0.15, -0.1) is 11.3 Å². The maximum atomic E-state index is 11.7. The molecule has 2 fully saturated rings. The van der Waals surface area contributed by atoms with Gasteiger partial charge in [0.05, 0.1) is 18.7 Å². The molecule has 1 amide bonds. The van der Waals surface area contributed by atoms with Gasteiger partial charge in [0.2, 0.25) is 17.7 Å². The Morgan fingerprint density at radius 3 is 2.60 bits per heavy atom. The number of fused-ring (bicyclic) bond motifs is 1. The number of piperidine rings is 1. The molecule has 0 bridgehead atoms. The third-order valence-electron chi connectivity index (χ3n) is 7.29. The van der Waals surface area contributed by atoms with Crippen molar-refractivity contribution < 1.29 is 14.3 Å². The van der Waals surface area contributed by atoms with Crippen molar-refractivity contribution in [3.63, 3.8) is 0 Å². The fourth-order valence-electron chi connectivity index (χ4n) is 5.22. The minimum Gasteiger partial charge on any atom is -0.437 e. The lowest BCUT2D eigenvalue weighted by Gasteiger charge is -2.40. The van der Waals surface area contributed by atoms with Gasteiger partial charge in [-0.3, -0.25) is 9.69 Å². The van der Waals surface area contributed by atoms with E-state index in [4.69, 9.17) is 9.47 Å². The first kappa shape index (κ1) is 26.2. The topological polar surface area (TPSA) is 91.8 Å². The van der Waals surface area contributed by atoms with Crippen LogP contribution in [0.5, 0.6) is 11.6 Å². The van der Waals surface area contributed by atoms with Crippen LogP contribution < -0.4 is 20.3 Å². The summed E-state index contributed by atoms with van der Waals surface area (Å²) in [4.78, 5) is 26.1. The van der Waals surface area contributed by atoms with Gasteiger partial charge in [-0.05, 0) is 66.8 Å². The highest BCUT2D eigenvalue weighted by atomic mass is 32.1. The van der Waals surface area contributed by atoms with E-state index < -0.39 is 0 Å². The summed E-state index contributed by atoms with van der Waals surface area (Å²) >= 11 is 1.52. The third-order valence-corrected chi connectivity index (χ3v) is 8.18. The molecule has 6 rings (SSSR count). The number of carbonyl (C=O) groups is 1. The number of amides is 1. The van der Waals surface area contributed by atoms with Gasteiger partial charge < -0.3 is 25.0 Å². The fraction of sp³-hybridized carbons (Fsp3) is 0.300. The summed E-state index contributed by atoms with van der Waals surface area (Å²) in [6.07, 6.45) is 3.59. The van der Waals surface area contributed by atoms with Gasteiger partial charge in [0.1, 0.15) is 10.4 Å². The summed E-state index contributed by atoms with van der Waals surface area (Å²) in [6.45, 7) is 9.43. The van der Waals surface area contributed by atoms with Crippen LogP contribution in [0.25, 0.3) is 10.2 Å². The monoisotopic (exact) mass is 556 g/mol. The molecule has 0 spiro atoms. The average Bonchev–Trinajstić information content (AvgIpc) is 3.47. The molecule has 4 aromatic rings. The molecular weight excluding hydrogens is 524 g/mol. The molecule has 0 radical (unpaired) electrons. The molecule has 9 nitrogen and oxygen atoms in total. The lowest BCUT2D eigenvalue weighted by atomic mass is 10.0. The second-order valence-corrected chi connectivity index (χ2v) is 10.8. The first-order valence-electron chi connectivity index (χ1n) is 13.5. The largest absolute Gasteiger partial charge is 0.437 e. The maximum Gasteiger partial charge on any atom is 0.247 e. The van der Waals surface area contributed by atoms with Gasteiger partial charge in [0, 0.05) is 55.3 Å². The summed E-state index contributed by atoms with van der Waals surface area (Å²) < 4.78 is 12.5. The van der Waals surface area contributed by atoms with Crippen molar-refractivity contribution in [3.05, 3.63) is 72.6 Å². The number of morpholine rings is 1. The zero-order chi connectivity index (χ0) is 27.3. The van der Waals surface area contributed by atoms with Gasteiger partial charge >= 0.3 is 0 Å². The number of ether oxygens (including phenoxy) is 2. The smallest absolute Gasteiger partial charge is 0.247 e. The minimum absolute atomic E-state index is 0.283. The first-order chi connectivity index (χ1) is 19.6. The lowest BCUT2D eigenvalue weighted by Crippen LogP contribution is -2.49. The molecule has 0 unspecified atom stereocenters. The normalized spacial score (nSPS) is 16.6. The molecule has 206 valence electrons. The number of nitrogens with zero attached hydrogens (tertiary/aromatic N) is 4. The summed E-state index contributed by atoms with van der Waals surface area (Å²) in [7, 11) is 0. The van der Waals surface area contributed by atoms with Gasteiger partial charge in [0.15, 0.2) is 0 Å². The van der Waals surface area contributed by atoms with Crippen molar-refractivity contribution in [2.75, 3.05) is 54.9 Å². The van der Waals surface area contributed by atoms with Crippen LogP contribution in [-0.2, 0) is 9.53 Å². The summed E-state index contributed by atoms with van der Waals surface area (Å²) in [5, 5.41) is 8.05. The van der Waals surface area contributed by atoms with E-state index in [-0.39, 0.29) is 5.91 Å². The summed E-state index contributed by atoms with van der Waals surface area (Å²) in [5.74, 6) is 1.18. The zero-order valence-electron chi connectivity index (χ0n) is 22.2. The van der Waals surface area contributed by atoms with E-state index in [9.17, 15) is 4.79 Å². The standard InChI is InChI=1S/C30H32N6O3S/c1-2-27(37)31-22-4-3-5-25(20-22)39-29-28-26(12-19-40-28)33-30(34-29)32-21-6-8-23(9-7-21)35-13-10-24(11-14-35)36-15-17-38-18-16-36/h2-9,12,19-20,24H,1,10-11,13-18H2,(H,31,37)(H,32,33,34). The van der Waals surface area contributed by atoms with Crippen molar-refractivity contribution in [3.8, 4) is 11.6 Å². The highest BCUT2D eigenvalue weighted by Crippen LogP contribution is 2.34. The highest BCUT2D eigenvalue weighted by Gasteiger charge is 2.26. The van der Waals surface area contributed by atoms with Crippen molar-refractivity contribution >= 4 is 50.5 Å². The van der Waals surface area contributed by atoms with Gasteiger partial charge in [-0.25, -0.2) is 4.98 Å². The summed E-state index contributed by atoms with van der Waals surface area (Å²) in [6, 6.07) is 18.2. The third kappa shape index (κ3) is 6.09. The molecule has 2 aliphatic rings. The summed E-state index contributed by atoms with van der Waals surface area (Å²) in [5.41, 5.74) is 3.55. The Hall–Kier alpha value is -3.99. The second kappa shape index (κ2) is 12.0. The zero-order valence-corrected chi connectivity index (χ0v) is 23.0. The number of benzene rings is 2. The van der Waals surface area contributed by atoms with E-state index >= 15 is 0 Å². The van der Waals surface area contributed by atoms with Gasteiger partial charge in [-0.2, -0.15) is 4.98 Å². The molecule has 2 aliphatic heterocycles. The van der Waals surface area contributed by atoms with Crippen LogP contribution in [0, 0.1) is 0 Å². The number of carbonyl (C=O) groups excluding carboxylic acids is 1. The molecule has 2 aromatic heterocycles. The van der Waals surface area contributed by atoms with Gasteiger partial charge in [-0.1, -0.05) is 12.6 Å². The molecule has 2 aromatic carbocycles. The number of thiophene rings is 1. The Balaban J connectivity index is 1.12. The molecular formula is C30H32N6O3S. The Bertz CT molecular complexity index is 1480. The number of nitrogens with one attached hydrogen (secondary N) is 2. The van der Waals surface area contributed by atoms with Crippen molar-refractivity contribution in [2.24, 2.45) is 0 Å². The Kier molecular flexibility index (Phi) is 7.90. The maximum absolute atomic E-state index is 11.7. The van der Waals surface area contributed by atoms with Crippen LogP contribution in [0.1, 0.15) is 12.8 Å². The van der Waals surface area contributed by atoms with Crippen molar-refractivity contribution in [1.29, 1.82) is 0 Å². The first-order valence-corrected chi connectivity index (χ1v) is 14.4. The van der Waals surface area contributed by atoms with Crippen LogP contribution in [0.15, 0.2) is 72.6 Å². The Labute approximate surface area is 237 Å². The second-order valence-electron chi connectivity index (χ2n) is 9.85. The fourth-order valence-corrected chi connectivity index (χ4v) is 5.98. The van der Waals surface area contributed by atoms with E-state index in [1.807, 2.05) is 23.6 Å². The molecule has 4 heterocycles. The van der Waals surface area contributed by atoms with Crippen LogP contribution in [-0.4, -0.2) is 66.2 Å². The van der Waals surface area contributed by atoms with E-state index in [2.05, 4.69) is 61.2 Å². The predicted molar refractivity (Wildman–Crippen MR) is 160 cm³/mol. The minimum atomic E-state index is -0.283. The Morgan fingerprint density at radius 1 is 1.02 bits per heavy atom. The Morgan fingerprint density at radius 2 is 1.82 bits per heavy atom. The van der Waals surface area contributed by atoms with Crippen LogP contribution in [0.3, 0.4) is 0 Å². The van der Waals surface area contributed by atoms with Crippen LogP contribution in [0.2, 0.25) is 0 Å². The van der Waals surface area contributed by atoms with E-state index in [1.54, 1.807) is 12.1 Å². The molecule has 10 heteroatoms. The highest BCUT2D eigenvalue weighted by molar-refractivity contribution is 7.17. The number of aromatic nitrogens is 2. The van der Waals surface area contributed by atoms with Crippen LogP contribution >= 0.6 is 11.3 Å². The number of anilines is 4. The van der Waals surface area contributed by atoms with E-state index in [0.717, 1.165) is 55.3 Å². The molecule has 2 N–H and O–H groups in total. The van der Waals surface area contributed by atoms with Gasteiger partial charge in [0.25, 0.3) is 0 Å². The predicted octanol–water partition coefficient (Wildman–Crippen LogP) is 5.65. The number of hydrogen-bond donors (Lipinski definition) is 2. The number of hydrogen-bond acceptors (Lipinski definition) is 9. The van der Waals surface area contributed by atoms with Crippen LogP contribution in [0.4, 0.5) is 23.0 Å². The van der Waals surface area contributed by atoms with E-state index in [1.165, 1.54) is 35.9 Å². The molecule has 0 aliphatic carbocycles. The SMILES string of the molecule is C=CC(=O)Nc1cccc(Oc2nc(Nc3ccc(N4CCC(N5CCOCC5)CC4)cc3)nc3ccsc23)c1. The molecule has 40 heavy (non-hydrogen) atoms. The molecule has 0 saturated carbocycles. The molecule has 0 atom stereocenters. The quantitative estimate of drug-likeness (QED) is 0.269. The van der Waals surface area contributed by atoms with Crippen molar-refractivity contribution in [1.82, 2.24) is 14.9 Å². The molecule has 2 saturated heterocycles.